The van der Waals surface area contributed by atoms with Crippen molar-refractivity contribution in [1.82, 2.24) is 4.98 Å². The maximum Gasteiger partial charge on any atom is 0.291 e. The van der Waals surface area contributed by atoms with Gasteiger partial charge in [-0.15, -0.1) is 10.1 Å². The lowest BCUT2D eigenvalue weighted by atomic mass is 10.4. The van der Waals surface area contributed by atoms with Crippen molar-refractivity contribution in [2.45, 2.75) is 0 Å². The highest BCUT2D eigenvalue weighted by molar-refractivity contribution is 5.78. The minimum absolute atomic E-state index is 0.0157. The Morgan fingerprint density at radius 3 is 2.50 bits per heavy atom. The van der Waals surface area contributed by atoms with Crippen LogP contribution in [0.25, 0.3) is 0 Å². The van der Waals surface area contributed by atoms with Crippen LogP contribution in [0.1, 0.15) is 0 Å². The monoisotopic (exact) mass is 229 g/mol. The summed E-state index contributed by atoms with van der Waals surface area (Å²) >= 11 is 0. The number of nitrogens with zero attached hydrogens (tertiary/aromatic N) is 3. The fraction of sp³-hybridized carbons (Fsp3) is 0.143. The van der Waals surface area contributed by atoms with Gasteiger partial charge in [-0.05, 0) is 6.07 Å². The van der Waals surface area contributed by atoms with E-state index in [0.717, 1.165) is 0 Å². The third-order valence-corrected chi connectivity index (χ3v) is 1.19. The van der Waals surface area contributed by atoms with Crippen LogP contribution in [0.5, 0.6) is 5.88 Å². The zero-order valence-corrected chi connectivity index (χ0v) is 8.40. The van der Waals surface area contributed by atoms with E-state index >= 15 is 0 Å². The molecule has 0 fully saturated rings. The number of nitrogens with two attached hydrogens (primary N) is 2. The minimum Gasteiger partial charge on any atom is -0.481 e. The van der Waals surface area contributed by atoms with Crippen LogP contribution >= 0.6 is 0 Å². The number of guanidine groups is 1. The molecule has 0 saturated carbocycles. The summed E-state index contributed by atoms with van der Waals surface area (Å²) in [4.78, 5) is 16.1. The highest BCUT2D eigenvalue weighted by atomic mass is 16.9. The lowest BCUT2D eigenvalue weighted by molar-refractivity contribution is -0.742. The Morgan fingerprint density at radius 1 is 1.62 bits per heavy atom. The average molecular weight is 229 g/mol. The largest absolute Gasteiger partial charge is 0.481 e. The molecule has 1 rings (SSSR count). The molecular formula is C7H11N5O4. The molecule has 1 aromatic heterocycles. The summed E-state index contributed by atoms with van der Waals surface area (Å²) in [5.41, 5.74) is 10.9. The summed E-state index contributed by atoms with van der Waals surface area (Å²) in [6.45, 7) is 0. The number of hydrogen-bond donors (Lipinski definition) is 3. The van der Waals surface area contributed by atoms with Crippen LogP contribution in [-0.4, -0.2) is 28.3 Å². The van der Waals surface area contributed by atoms with Crippen molar-refractivity contribution < 1.29 is 15.0 Å². The normalized spacial score (nSPS) is 8.31. The van der Waals surface area contributed by atoms with Gasteiger partial charge < -0.3 is 21.4 Å². The van der Waals surface area contributed by atoms with Gasteiger partial charge in [0.2, 0.25) is 5.88 Å². The molecule has 88 valence electrons. The first kappa shape index (κ1) is 13.4. The zero-order valence-electron chi connectivity index (χ0n) is 8.40. The molecule has 0 aromatic carbocycles. The van der Waals surface area contributed by atoms with Crippen molar-refractivity contribution in [3.63, 3.8) is 0 Å². The molecule has 0 saturated heterocycles. The van der Waals surface area contributed by atoms with Crippen LogP contribution in [-0.2, 0) is 0 Å². The third kappa shape index (κ3) is 6.88. The SMILES string of the molecule is COc1ccc(N=C(N)N)cn1.O=[N+]([O-])O. The van der Waals surface area contributed by atoms with Gasteiger partial charge in [0, 0.05) is 6.07 Å². The summed E-state index contributed by atoms with van der Waals surface area (Å²) in [7, 11) is 1.54. The Morgan fingerprint density at radius 2 is 2.19 bits per heavy atom. The average Bonchev–Trinajstić information content (AvgIpc) is 2.17. The van der Waals surface area contributed by atoms with E-state index in [0.29, 0.717) is 11.6 Å². The highest BCUT2D eigenvalue weighted by Crippen LogP contribution is 2.13. The molecule has 16 heavy (non-hydrogen) atoms. The molecule has 0 amide bonds. The molecule has 1 aromatic rings. The standard InChI is InChI=1S/C7H10N4O.HNO3/c1-12-6-3-2-5(4-10-6)11-7(8)9;2-1(3)4/h2-4H,1H3,(H4,8,9,11);(H,2,3,4). The number of rotatable bonds is 2. The van der Waals surface area contributed by atoms with Gasteiger partial charge in [0.25, 0.3) is 5.09 Å². The second-order valence-corrected chi connectivity index (χ2v) is 2.33. The zero-order chi connectivity index (χ0) is 12.6. The Kier molecular flexibility index (Phi) is 5.71. The van der Waals surface area contributed by atoms with Gasteiger partial charge >= 0.3 is 0 Å². The predicted octanol–water partition coefficient (Wildman–Crippen LogP) is -0.353. The fourth-order valence-corrected chi connectivity index (χ4v) is 0.708. The Hall–Kier alpha value is -2.58. The number of aliphatic imine (C=N–C) groups is 1. The van der Waals surface area contributed by atoms with Crippen LogP contribution in [0.15, 0.2) is 23.3 Å². The molecule has 0 aliphatic heterocycles. The summed E-state index contributed by atoms with van der Waals surface area (Å²) in [5.74, 6) is 0.548. The van der Waals surface area contributed by atoms with Crippen LogP contribution in [0.2, 0.25) is 0 Å². The molecule has 0 unspecified atom stereocenters. The van der Waals surface area contributed by atoms with Crippen LogP contribution < -0.4 is 16.2 Å². The first-order valence-corrected chi connectivity index (χ1v) is 3.88. The van der Waals surface area contributed by atoms with E-state index in [2.05, 4.69) is 9.98 Å². The maximum absolute atomic E-state index is 8.36. The number of ether oxygens (including phenoxy) is 1. The maximum atomic E-state index is 8.36. The first-order chi connectivity index (χ1) is 7.45. The van der Waals surface area contributed by atoms with E-state index < -0.39 is 5.09 Å². The molecule has 0 aliphatic carbocycles. The molecular weight excluding hydrogens is 218 g/mol. The Bertz CT molecular complexity index is 356. The van der Waals surface area contributed by atoms with Gasteiger partial charge in [0.15, 0.2) is 5.96 Å². The third-order valence-electron chi connectivity index (χ3n) is 1.19. The first-order valence-electron chi connectivity index (χ1n) is 3.88. The summed E-state index contributed by atoms with van der Waals surface area (Å²) in [6.07, 6.45) is 1.53. The molecule has 0 atom stereocenters. The van der Waals surface area contributed by atoms with Gasteiger partial charge in [0.1, 0.15) is 0 Å². The number of aromatic nitrogens is 1. The van der Waals surface area contributed by atoms with E-state index in [4.69, 9.17) is 31.5 Å². The van der Waals surface area contributed by atoms with Crippen LogP contribution in [0, 0.1) is 10.1 Å². The number of pyridine rings is 1. The Balaban J connectivity index is 0.000000487. The van der Waals surface area contributed by atoms with Gasteiger partial charge in [0.05, 0.1) is 19.0 Å². The smallest absolute Gasteiger partial charge is 0.291 e. The number of hydrogen-bond acceptors (Lipinski definition) is 5. The van der Waals surface area contributed by atoms with Crippen molar-refractivity contribution in [1.29, 1.82) is 0 Å². The molecule has 0 radical (unpaired) electrons. The topological polar surface area (TPSA) is 150 Å². The molecule has 5 N–H and O–H groups in total. The van der Waals surface area contributed by atoms with E-state index in [9.17, 15) is 0 Å². The molecule has 9 nitrogen and oxygen atoms in total. The lowest BCUT2D eigenvalue weighted by Crippen LogP contribution is -2.21. The molecule has 9 heteroatoms. The lowest BCUT2D eigenvalue weighted by Gasteiger charge is -1.97. The van der Waals surface area contributed by atoms with Gasteiger partial charge in [-0.1, -0.05) is 0 Å². The second kappa shape index (κ2) is 6.81. The fourth-order valence-electron chi connectivity index (χ4n) is 0.708. The van der Waals surface area contributed by atoms with E-state index in [1.54, 1.807) is 19.2 Å². The van der Waals surface area contributed by atoms with Gasteiger partial charge in [-0.2, -0.15) is 0 Å². The summed E-state index contributed by atoms with van der Waals surface area (Å²) in [5, 5.41) is 13.6. The molecule has 1 heterocycles. The molecule has 0 aliphatic rings. The van der Waals surface area contributed by atoms with Crippen molar-refractivity contribution in [2.24, 2.45) is 16.5 Å². The number of methoxy groups -OCH3 is 1. The van der Waals surface area contributed by atoms with Crippen LogP contribution in [0.3, 0.4) is 0 Å². The van der Waals surface area contributed by atoms with Crippen LogP contribution in [0.4, 0.5) is 5.69 Å². The second-order valence-electron chi connectivity index (χ2n) is 2.33. The van der Waals surface area contributed by atoms with Crippen molar-refractivity contribution in [3.05, 3.63) is 28.4 Å². The predicted molar refractivity (Wildman–Crippen MR) is 55.0 cm³/mol. The Labute approximate surface area is 90.5 Å². The molecule has 0 spiro atoms. The van der Waals surface area contributed by atoms with E-state index in [-0.39, 0.29) is 5.96 Å². The summed E-state index contributed by atoms with van der Waals surface area (Å²) in [6, 6.07) is 3.40. The van der Waals surface area contributed by atoms with Gasteiger partial charge in [-0.3, -0.25) is 0 Å². The van der Waals surface area contributed by atoms with E-state index in [1.165, 1.54) is 6.20 Å². The highest BCUT2D eigenvalue weighted by Gasteiger charge is 1.92. The van der Waals surface area contributed by atoms with Crippen molar-refractivity contribution in [3.8, 4) is 5.88 Å². The van der Waals surface area contributed by atoms with Crippen molar-refractivity contribution in [2.75, 3.05) is 7.11 Å². The minimum atomic E-state index is -1.50. The quantitative estimate of drug-likeness (QED) is 0.271. The van der Waals surface area contributed by atoms with Crippen molar-refractivity contribution >= 4 is 11.6 Å². The van der Waals surface area contributed by atoms with Gasteiger partial charge in [-0.25, -0.2) is 9.98 Å². The van der Waals surface area contributed by atoms with E-state index in [1.807, 2.05) is 0 Å². The molecule has 0 bridgehead atoms. The summed E-state index contributed by atoms with van der Waals surface area (Å²) < 4.78 is 4.85.